The van der Waals surface area contributed by atoms with E-state index in [0.29, 0.717) is 6.54 Å². The Morgan fingerprint density at radius 3 is 2.35 bits per heavy atom. The third kappa shape index (κ3) is 5.24. The zero-order chi connectivity index (χ0) is 15.6. The second kappa shape index (κ2) is 5.87. The summed E-state index contributed by atoms with van der Waals surface area (Å²) < 4.78 is 38.0. The van der Waals surface area contributed by atoms with Crippen molar-refractivity contribution in [3.63, 3.8) is 0 Å². The number of halogens is 3. The van der Waals surface area contributed by atoms with E-state index in [1.807, 2.05) is 32.8 Å². The Morgan fingerprint density at radius 2 is 1.85 bits per heavy atom. The predicted octanol–water partition coefficient (Wildman–Crippen LogP) is 2.68. The molecular formula is C13H21F3N4. The number of rotatable bonds is 5. The molecule has 0 aliphatic heterocycles. The standard InChI is InChI=1S/C13H21F3N4/c1-12(2,8-20(3)4)7-18-11-6-9(13(14,15)16)5-10(17)19-11/h5-6H,7-8H2,1-4H3,(H3,17,18,19). The van der Waals surface area contributed by atoms with Gasteiger partial charge in [0.15, 0.2) is 0 Å². The summed E-state index contributed by atoms with van der Waals surface area (Å²) in [5.74, 6) is -0.00287. The quantitative estimate of drug-likeness (QED) is 0.875. The van der Waals surface area contributed by atoms with Crippen LogP contribution in [-0.2, 0) is 6.18 Å². The van der Waals surface area contributed by atoms with E-state index < -0.39 is 11.7 Å². The van der Waals surface area contributed by atoms with Gasteiger partial charge in [-0.2, -0.15) is 13.2 Å². The minimum atomic E-state index is -4.42. The molecule has 0 unspecified atom stereocenters. The van der Waals surface area contributed by atoms with Crippen molar-refractivity contribution in [1.29, 1.82) is 0 Å². The number of nitrogens with zero attached hydrogens (tertiary/aromatic N) is 2. The van der Waals surface area contributed by atoms with E-state index in [0.717, 1.165) is 18.7 Å². The summed E-state index contributed by atoms with van der Waals surface area (Å²) in [6, 6.07) is 1.80. The zero-order valence-electron chi connectivity index (χ0n) is 12.2. The first kappa shape index (κ1) is 16.6. The summed E-state index contributed by atoms with van der Waals surface area (Å²) in [6.07, 6.45) is -4.42. The third-order valence-electron chi connectivity index (χ3n) is 2.66. The van der Waals surface area contributed by atoms with Crippen LogP contribution < -0.4 is 11.1 Å². The Morgan fingerprint density at radius 1 is 1.25 bits per heavy atom. The SMILES string of the molecule is CN(C)CC(C)(C)CNc1cc(C(F)(F)F)cc(N)n1. The number of hydrogen-bond acceptors (Lipinski definition) is 4. The van der Waals surface area contributed by atoms with Gasteiger partial charge in [-0.3, -0.25) is 0 Å². The van der Waals surface area contributed by atoms with Gasteiger partial charge < -0.3 is 16.0 Å². The highest BCUT2D eigenvalue weighted by Crippen LogP contribution is 2.31. The zero-order valence-corrected chi connectivity index (χ0v) is 12.2. The fourth-order valence-corrected chi connectivity index (χ4v) is 2.05. The van der Waals surface area contributed by atoms with Gasteiger partial charge in [0.2, 0.25) is 0 Å². The summed E-state index contributed by atoms with van der Waals surface area (Å²) in [7, 11) is 3.89. The summed E-state index contributed by atoms with van der Waals surface area (Å²) >= 11 is 0. The van der Waals surface area contributed by atoms with Crippen molar-refractivity contribution < 1.29 is 13.2 Å². The van der Waals surface area contributed by atoms with E-state index in [1.165, 1.54) is 0 Å². The number of nitrogens with one attached hydrogen (secondary N) is 1. The van der Waals surface area contributed by atoms with Gasteiger partial charge in [0, 0.05) is 13.1 Å². The number of alkyl halides is 3. The van der Waals surface area contributed by atoms with Crippen molar-refractivity contribution in [3.05, 3.63) is 17.7 Å². The Kier molecular flexibility index (Phi) is 4.86. The maximum atomic E-state index is 12.7. The molecule has 7 heteroatoms. The number of pyridine rings is 1. The first-order chi connectivity index (χ1) is 8.99. The Labute approximate surface area is 117 Å². The molecule has 0 atom stereocenters. The molecule has 0 fully saturated rings. The number of nitrogen functional groups attached to an aromatic ring is 1. The third-order valence-corrected chi connectivity index (χ3v) is 2.66. The monoisotopic (exact) mass is 290 g/mol. The molecule has 4 nitrogen and oxygen atoms in total. The van der Waals surface area contributed by atoms with Crippen LogP contribution in [0.25, 0.3) is 0 Å². The van der Waals surface area contributed by atoms with E-state index in [4.69, 9.17) is 5.73 Å². The molecule has 0 bridgehead atoms. The molecule has 1 heterocycles. The summed E-state index contributed by atoms with van der Waals surface area (Å²) in [5.41, 5.74) is 4.52. The van der Waals surface area contributed by atoms with Crippen LogP contribution in [0, 0.1) is 5.41 Å². The van der Waals surface area contributed by atoms with Crippen molar-refractivity contribution in [1.82, 2.24) is 9.88 Å². The second-order valence-electron chi connectivity index (χ2n) is 5.92. The molecule has 1 aromatic heterocycles. The molecule has 20 heavy (non-hydrogen) atoms. The Bertz CT molecular complexity index is 455. The number of nitrogens with two attached hydrogens (primary N) is 1. The Balaban J connectivity index is 2.81. The van der Waals surface area contributed by atoms with Crippen LogP contribution in [0.3, 0.4) is 0 Å². The van der Waals surface area contributed by atoms with Crippen LogP contribution in [0.5, 0.6) is 0 Å². The summed E-state index contributed by atoms with van der Waals surface area (Å²) in [5, 5.41) is 2.93. The molecular weight excluding hydrogens is 269 g/mol. The average Bonchev–Trinajstić information content (AvgIpc) is 2.23. The van der Waals surface area contributed by atoms with Crippen LogP contribution >= 0.6 is 0 Å². The number of anilines is 2. The van der Waals surface area contributed by atoms with Gasteiger partial charge in [-0.05, 0) is 31.6 Å². The van der Waals surface area contributed by atoms with Gasteiger partial charge >= 0.3 is 6.18 Å². The van der Waals surface area contributed by atoms with Crippen LogP contribution in [-0.4, -0.2) is 37.1 Å². The molecule has 0 aliphatic carbocycles. The summed E-state index contributed by atoms with van der Waals surface area (Å²) in [6.45, 7) is 5.35. The smallest absolute Gasteiger partial charge is 0.384 e. The lowest BCUT2D eigenvalue weighted by Gasteiger charge is -2.28. The molecule has 0 aliphatic rings. The van der Waals surface area contributed by atoms with Gasteiger partial charge in [-0.1, -0.05) is 13.8 Å². The van der Waals surface area contributed by atoms with Crippen LogP contribution in [0.1, 0.15) is 19.4 Å². The lowest BCUT2D eigenvalue weighted by molar-refractivity contribution is -0.137. The highest BCUT2D eigenvalue weighted by Gasteiger charge is 2.31. The molecule has 0 saturated carbocycles. The fourth-order valence-electron chi connectivity index (χ4n) is 2.05. The molecule has 1 rings (SSSR count). The normalized spacial score (nSPS) is 12.8. The minimum Gasteiger partial charge on any atom is -0.384 e. The van der Waals surface area contributed by atoms with Gasteiger partial charge in [-0.25, -0.2) is 4.98 Å². The highest BCUT2D eigenvalue weighted by molar-refractivity contribution is 5.47. The first-order valence-electron chi connectivity index (χ1n) is 6.23. The lowest BCUT2D eigenvalue weighted by Crippen LogP contribution is -2.34. The molecule has 0 spiro atoms. The van der Waals surface area contributed by atoms with E-state index in [9.17, 15) is 13.2 Å². The Hall–Kier alpha value is -1.50. The fraction of sp³-hybridized carbons (Fsp3) is 0.615. The summed E-state index contributed by atoms with van der Waals surface area (Å²) in [4.78, 5) is 5.91. The van der Waals surface area contributed by atoms with Crippen molar-refractivity contribution in [2.45, 2.75) is 20.0 Å². The second-order valence-corrected chi connectivity index (χ2v) is 5.92. The van der Waals surface area contributed by atoms with Crippen LogP contribution in [0.15, 0.2) is 12.1 Å². The van der Waals surface area contributed by atoms with Gasteiger partial charge in [0.1, 0.15) is 11.6 Å². The molecule has 0 saturated heterocycles. The van der Waals surface area contributed by atoms with Gasteiger partial charge in [0.25, 0.3) is 0 Å². The van der Waals surface area contributed by atoms with Gasteiger partial charge in [0.05, 0.1) is 5.56 Å². The van der Waals surface area contributed by atoms with E-state index >= 15 is 0 Å². The van der Waals surface area contributed by atoms with Gasteiger partial charge in [-0.15, -0.1) is 0 Å². The number of aromatic nitrogens is 1. The van der Waals surface area contributed by atoms with Crippen molar-refractivity contribution in [2.75, 3.05) is 38.2 Å². The van der Waals surface area contributed by atoms with E-state index in [1.54, 1.807) is 0 Å². The maximum Gasteiger partial charge on any atom is 0.416 e. The molecule has 0 aromatic carbocycles. The average molecular weight is 290 g/mol. The van der Waals surface area contributed by atoms with E-state index in [-0.39, 0.29) is 17.1 Å². The molecule has 3 N–H and O–H groups in total. The molecule has 0 amide bonds. The molecule has 1 aromatic rings. The van der Waals surface area contributed by atoms with E-state index in [2.05, 4.69) is 10.3 Å². The van der Waals surface area contributed by atoms with Crippen molar-refractivity contribution in [2.24, 2.45) is 5.41 Å². The predicted molar refractivity (Wildman–Crippen MR) is 74.5 cm³/mol. The van der Waals surface area contributed by atoms with Crippen molar-refractivity contribution in [3.8, 4) is 0 Å². The largest absolute Gasteiger partial charge is 0.416 e. The van der Waals surface area contributed by atoms with Crippen LogP contribution in [0.2, 0.25) is 0 Å². The first-order valence-corrected chi connectivity index (χ1v) is 6.23. The van der Waals surface area contributed by atoms with Crippen molar-refractivity contribution >= 4 is 11.6 Å². The van der Waals surface area contributed by atoms with Crippen LogP contribution in [0.4, 0.5) is 24.8 Å². The molecule has 0 radical (unpaired) electrons. The number of hydrogen-bond donors (Lipinski definition) is 2. The highest BCUT2D eigenvalue weighted by atomic mass is 19.4. The molecule has 114 valence electrons. The topological polar surface area (TPSA) is 54.2 Å². The minimum absolute atomic E-state index is 0.103. The maximum absolute atomic E-state index is 12.7. The lowest BCUT2D eigenvalue weighted by atomic mass is 9.93.